The molecule has 1 unspecified atom stereocenters. The Morgan fingerprint density at radius 2 is 2.15 bits per heavy atom. The topological polar surface area (TPSA) is 120 Å². The predicted molar refractivity (Wildman–Crippen MR) is 102 cm³/mol. The number of fused-ring (bicyclic) bond motifs is 1. The number of halogens is 1. The van der Waals surface area contributed by atoms with Gasteiger partial charge in [-0.1, -0.05) is 17.7 Å². The summed E-state index contributed by atoms with van der Waals surface area (Å²) in [5, 5.41) is 24.7. The average Bonchev–Trinajstić information content (AvgIpc) is 3.17. The van der Waals surface area contributed by atoms with Crippen LogP contribution in [-0.4, -0.2) is 37.0 Å². The molecule has 26 heavy (non-hydrogen) atoms. The SMILES string of the molecule is Nc1ncnc2c([C@@H]3NC(CSc4cccc(Cl)c4)=C(O)C3O)c[nH]c12. The third kappa shape index (κ3) is 2.96. The molecule has 0 amide bonds. The molecule has 2 atom stereocenters. The molecule has 2 aromatic heterocycles. The first kappa shape index (κ1) is 17.0. The minimum absolute atomic E-state index is 0.0686. The lowest BCUT2D eigenvalue weighted by molar-refractivity contribution is 0.137. The van der Waals surface area contributed by atoms with Crippen LogP contribution in [0.15, 0.2) is 53.1 Å². The van der Waals surface area contributed by atoms with Crippen LogP contribution in [0.4, 0.5) is 5.82 Å². The number of aromatic amines is 1. The molecule has 7 nitrogen and oxygen atoms in total. The standard InChI is InChI=1S/C17H16ClN5O2S/c18-8-2-1-3-9(4-8)26-6-11-15(24)16(25)13(23-11)10-5-20-14-12(10)21-7-22-17(14)19/h1-5,7,13,16,20,23-25H,6H2,(H2,19,21,22)/t13-,16?/m0/s1. The number of nitrogens with one attached hydrogen (secondary N) is 2. The van der Waals surface area contributed by atoms with Gasteiger partial charge in [-0.2, -0.15) is 0 Å². The number of nitrogen functional groups attached to an aromatic ring is 1. The van der Waals surface area contributed by atoms with Crippen LogP contribution in [0.25, 0.3) is 11.0 Å². The summed E-state index contributed by atoms with van der Waals surface area (Å²) in [5.41, 5.74) is 8.36. The molecule has 1 aliphatic heterocycles. The van der Waals surface area contributed by atoms with Gasteiger partial charge in [0.05, 0.1) is 17.3 Å². The van der Waals surface area contributed by atoms with Gasteiger partial charge in [0.2, 0.25) is 0 Å². The van der Waals surface area contributed by atoms with Gasteiger partial charge in [0.15, 0.2) is 5.82 Å². The summed E-state index contributed by atoms with van der Waals surface area (Å²) < 4.78 is 0. The van der Waals surface area contributed by atoms with Crippen molar-refractivity contribution >= 4 is 40.2 Å². The van der Waals surface area contributed by atoms with E-state index in [-0.39, 0.29) is 5.76 Å². The van der Waals surface area contributed by atoms with E-state index in [4.69, 9.17) is 17.3 Å². The van der Waals surface area contributed by atoms with Crippen molar-refractivity contribution in [1.82, 2.24) is 20.3 Å². The molecular weight excluding hydrogens is 374 g/mol. The summed E-state index contributed by atoms with van der Waals surface area (Å²) in [6.07, 6.45) is 2.02. The number of hydrogen-bond donors (Lipinski definition) is 5. The number of nitrogens with zero attached hydrogens (tertiary/aromatic N) is 2. The molecule has 1 aliphatic rings. The first-order chi connectivity index (χ1) is 12.5. The zero-order valence-corrected chi connectivity index (χ0v) is 15.1. The van der Waals surface area contributed by atoms with Gasteiger partial charge in [-0.3, -0.25) is 0 Å². The van der Waals surface area contributed by atoms with E-state index in [1.807, 2.05) is 18.2 Å². The van der Waals surface area contributed by atoms with E-state index < -0.39 is 12.1 Å². The Kier molecular flexibility index (Phi) is 4.39. The van der Waals surface area contributed by atoms with Crippen molar-refractivity contribution in [1.29, 1.82) is 0 Å². The molecule has 0 saturated carbocycles. The van der Waals surface area contributed by atoms with Gasteiger partial charge in [-0.05, 0) is 18.2 Å². The molecule has 0 aliphatic carbocycles. The second-order valence-electron chi connectivity index (χ2n) is 5.90. The molecule has 3 aromatic rings. The predicted octanol–water partition coefficient (Wildman–Crippen LogP) is 2.76. The molecule has 4 rings (SSSR count). The van der Waals surface area contributed by atoms with Crippen LogP contribution in [-0.2, 0) is 0 Å². The fraction of sp³-hybridized carbons (Fsp3) is 0.176. The van der Waals surface area contributed by atoms with Gasteiger partial charge in [-0.15, -0.1) is 11.8 Å². The zero-order valence-electron chi connectivity index (χ0n) is 13.5. The number of thioether (sulfide) groups is 1. The smallest absolute Gasteiger partial charge is 0.151 e. The summed E-state index contributed by atoms with van der Waals surface area (Å²) in [6.45, 7) is 0. The Balaban J connectivity index is 1.55. The number of aliphatic hydroxyl groups excluding tert-OH is 2. The van der Waals surface area contributed by atoms with Gasteiger partial charge in [0.1, 0.15) is 23.7 Å². The Hall–Kier alpha value is -2.42. The van der Waals surface area contributed by atoms with Crippen molar-refractivity contribution in [3.05, 3.63) is 58.8 Å². The first-order valence-electron chi connectivity index (χ1n) is 7.87. The fourth-order valence-electron chi connectivity index (χ4n) is 2.97. The van der Waals surface area contributed by atoms with E-state index in [0.717, 1.165) is 10.5 Å². The van der Waals surface area contributed by atoms with Crippen molar-refractivity contribution in [2.75, 3.05) is 11.5 Å². The molecular formula is C17H16ClN5O2S. The molecule has 134 valence electrons. The molecule has 3 heterocycles. The number of nitrogens with two attached hydrogens (primary N) is 1. The summed E-state index contributed by atoms with van der Waals surface area (Å²) in [7, 11) is 0. The van der Waals surface area contributed by atoms with Crippen molar-refractivity contribution in [2.45, 2.75) is 17.0 Å². The largest absolute Gasteiger partial charge is 0.508 e. The number of benzene rings is 1. The van der Waals surface area contributed by atoms with E-state index in [9.17, 15) is 10.2 Å². The molecule has 1 aromatic carbocycles. The third-order valence-corrected chi connectivity index (χ3v) is 5.53. The van der Waals surface area contributed by atoms with Gasteiger partial charge in [0, 0.05) is 27.4 Å². The van der Waals surface area contributed by atoms with Gasteiger partial charge in [-0.25, -0.2) is 9.97 Å². The highest BCUT2D eigenvalue weighted by molar-refractivity contribution is 7.99. The molecule has 9 heteroatoms. The van der Waals surface area contributed by atoms with Crippen molar-refractivity contribution in [3.8, 4) is 0 Å². The Bertz CT molecular complexity index is 1010. The van der Waals surface area contributed by atoms with E-state index in [0.29, 0.717) is 33.3 Å². The van der Waals surface area contributed by atoms with Gasteiger partial charge < -0.3 is 26.2 Å². The van der Waals surface area contributed by atoms with Crippen molar-refractivity contribution in [3.63, 3.8) is 0 Å². The number of anilines is 1. The minimum atomic E-state index is -1.07. The lowest BCUT2D eigenvalue weighted by Crippen LogP contribution is -2.24. The first-order valence-corrected chi connectivity index (χ1v) is 9.23. The monoisotopic (exact) mass is 389 g/mol. The maximum Gasteiger partial charge on any atom is 0.151 e. The van der Waals surface area contributed by atoms with Crippen LogP contribution in [0.3, 0.4) is 0 Å². The van der Waals surface area contributed by atoms with Crippen LogP contribution in [0.5, 0.6) is 0 Å². The summed E-state index contributed by atoms with van der Waals surface area (Å²) >= 11 is 7.51. The number of hydrogen-bond acceptors (Lipinski definition) is 7. The quantitative estimate of drug-likeness (QED) is 0.435. The number of rotatable bonds is 4. The second kappa shape index (κ2) is 6.71. The van der Waals surface area contributed by atoms with Crippen LogP contribution >= 0.6 is 23.4 Å². The molecule has 6 N–H and O–H groups in total. The van der Waals surface area contributed by atoms with Crippen molar-refractivity contribution in [2.24, 2.45) is 0 Å². The maximum atomic E-state index is 10.5. The summed E-state index contributed by atoms with van der Waals surface area (Å²) in [5.74, 6) is 0.739. The Labute approximate surface area is 158 Å². The Morgan fingerprint density at radius 1 is 1.31 bits per heavy atom. The summed E-state index contributed by atoms with van der Waals surface area (Å²) in [4.78, 5) is 12.2. The zero-order chi connectivity index (χ0) is 18.3. The normalized spacial score (nSPS) is 19.9. The Morgan fingerprint density at radius 3 is 2.96 bits per heavy atom. The number of H-pyrrole nitrogens is 1. The number of aliphatic hydroxyl groups is 2. The molecule has 0 bridgehead atoms. The van der Waals surface area contributed by atoms with Crippen LogP contribution < -0.4 is 11.1 Å². The van der Waals surface area contributed by atoms with Crippen LogP contribution in [0, 0.1) is 0 Å². The van der Waals surface area contributed by atoms with Crippen LogP contribution in [0.2, 0.25) is 5.02 Å². The van der Waals surface area contributed by atoms with E-state index in [1.165, 1.54) is 18.1 Å². The van der Waals surface area contributed by atoms with Gasteiger partial charge >= 0.3 is 0 Å². The summed E-state index contributed by atoms with van der Waals surface area (Å²) in [6, 6.07) is 6.95. The molecule has 0 radical (unpaired) electrons. The average molecular weight is 390 g/mol. The maximum absolute atomic E-state index is 10.5. The molecule has 0 saturated heterocycles. The third-order valence-electron chi connectivity index (χ3n) is 4.27. The highest BCUT2D eigenvalue weighted by atomic mass is 35.5. The lowest BCUT2D eigenvalue weighted by atomic mass is 10.1. The molecule has 0 fully saturated rings. The highest BCUT2D eigenvalue weighted by Gasteiger charge is 2.36. The van der Waals surface area contributed by atoms with Gasteiger partial charge in [0.25, 0.3) is 0 Å². The van der Waals surface area contributed by atoms with E-state index in [2.05, 4.69) is 20.3 Å². The van der Waals surface area contributed by atoms with Crippen molar-refractivity contribution < 1.29 is 10.2 Å². The van der Waals surface area contributed by atoms with Crippen LogP contribution in [0.1, 0.15) is 11.6 Å². The number of aromatic nitrogens is 3. The van der Waals surface area contributed by atoms with E-state index >= 15 is 0 Å². The second-order valence-corrected chi connectivity index (χ2v) is 7.39. The minimum Gasteiger partial charge on any atom is -0.508 e. The van der Waals surface area contributed by atoms with E-state index in [1.54, 1.807) is 12.3 Å². The highest BCUT2D eigenvalue weighted by Crippen LogP contribution is 2.35. The molecule has 0 spiro atoms. The fourth-order valence-corrected chi connectivity index (χ4v) is 4.15. The lowest BCUT2D eigenvalue weighted by Gasteiger charge is -2.15.